The van der Waals surface area contributed by atoms with E-state index in [9.17, 15) is 9.59 Å². The number of benzene rings is 1. The third-order valence-corrected chi connectivity index (χ3v) is 3.69. The van der Waals surface area contributed by atoms with E-state index in [1.54, 1.807) is 6.92 Å². The molecule has 1 amide bonds. The molecular weight excluding hydrogens is 308 g/mol. The first-order valence-electron chi connectivity index (χ1n) is 6.79. The van der Waals surface area contributed by atoms with E-state index in [1.165, 1.54) is 11.8 Å². The standard InChI is InChI=1S/C15H22N2O2S.ClH/c1-12(18)20-11-14-5-3-13(4-6-14)7-8-15(19)17-10-2-9-16;/h3-6H,2,7-11,16H2,1H3,(H,17,19);1H. The minimum atomic E-state index is 0. The van der Waals surface area contributed by atoms with Crippen molar-refractivity contribution in [3.8, 4) is 0 Å². The van der Waals surface area contributed by atoms with Crippen LogP contribution in [0.25, 0.3) is 0 Å². The highest BCUT2D eigenvalue weighted by molar-refractivity contribution is 8.12. The molecule has 118 valence electrons. The minimum Gasteiger partial charge on any atom is -0.356 e. The molecule has 0 radical (unpaired) electrons. The van der Waals surface area contributed by atoms with Crippen molar-refractivity contribution in [2.75, 3.05) is 13.1 Å². The number of nitrogens with one attached hydrogen (secondary N) is 1. The Hall–Kier alpha value is -1.04. The van der Waals surface area contributed by atoms with E-state index < -0.39 is 0 Å². The third kappa shape index (κ3) is 9.50. The summed E-state index contributed by atoms with van der Waals surface area (Å²) in [6.45, 7) is 2.82. The number of aryl methyl sites for hydroxylation is 1. The van der Waals surface area contributed by atoms with Gasteiger partial charge in [-0.05, 0) is 30.5 Å². The lowest BCUT2D eigenvalue weighted by atomic mass is 10.1. The van der Waals surface area contributed by atoms with Crippen molar-refractivity contribution < 1.29 is 9.59 Å². The normalized spacial score (nSPS) is 9.81. The number of amides is 1. The number of nitrogens with two attached hydrogens (primary N) is 1. The average molecular weight is 331 g/mol. The average Bonchev–Trinajstić information content (AvgIpc) is 2.44. The molecule has 4 nitrogen and oxygen atoms in total. The van der Waals surface area contributed by atoms with Gasteiger partial charge in [-0.2, -0.15) is 0 Å². The van der Waals surface area contributed by atoms with Crippen molar-refractivity contribution in [2.45, 2.75) is 31.9 Å². The van der Waals surface area contributed by atoms with Crippen LogP contribution in [0.15, 0.2) is 24.3 Å². The topological polar surface area (TPSA) is 72.2 Å². The van der Waals surface area contributed by atoms with E-state index in [0.717, 1.165) is 24.0 Å². The van der Waals surface area contributed by atoms with Gasteiger partial charge >= 0.3 is 0 Å². The van der Waals surface area contributed by atoms with Crippen molar-refractivity contribution in [3.05, 3.63) is 35.4 Å². The molecule has 1 aromatic rings. The molecule has 0 spiro atoms. The fourth-order valence-electron chi connectivity index (χ4n) is 1.66. The highest BCUT2D eigenvalue weighted by atomic mass is 35.5. The molecule has 0 fully saturated rings. The van der Waals surface area contributed by atoms with Gasteiger partial charge < -0.3 is 11.1 Å². The summed E-state index contributed by atoms with van der Waals surface area (Å²) in [5.41, 5.74) is 7.62. The number of carbonyl (C=O) groups excluding carboxylic acids is 2. The molecule has 0 atom stereocenters. The third-order valence-electron chi connectivity index (χ3n) is 2.81. The number of halogens is 1. The Morgan fingerprint density at radius 2 is 1.81 bits per heavy atom. The lowest BCUT2D eigenvalue weighted by Crippen LogP contribution is -2.26. The number of carbonyl (C=O) groups is 2. The molecule has 0 aliphatic heterocycles. The molecule has 0 unspecified atom stereocenters. The van der Waals surface area contributed by atoms with Crippen LogP contribution in [0.4, 0.5) is 0 Å². The number of rotatable bonds is 8. The van der Waals surface area contributed by atoms with Gasteiger partial charge in [-0.1, -0.05) is 36.0 Å². The van der Waals surface area contributed by atoms with Crippen molar-refractivity contribution in [1.82, 2.24) is 5.32 Å². The molecule has 0 aromatic heterocycles. The molecule has 0 heterocycles. The molecule has 6 heteroatoms. The summed E-state index contributed by atoms with van der Waals surface area (Å²) in [7, 11) is 0. The summed E-state index contributed by atoms with van der Waals surface area (Å²) >= 11 is 1.31. The Labute approximate surface area is 136 Å². The zero-order valence-electron chi connectivity index (χ0n) is 12.3. The van der Waals surface area contributed by atoms with Crippen LogP contribution in [0.5, 0.6) is 0 Å². The summed E-state index contributed by atoms with van der Waals surface area (Å²) < 4.78 is 0. The summed E-state index contributed by atoms with van der Waals surface area (Å²) in [6, 6.07) is 8.06. The van der Waals surface area contributed by atoms with Gasteiger partial charge in [0, 0.05) is 25.6 Å². The summed E-state index contributed by atoms with van der Waals surface area (Å²) in [4.78, 5) is 22.4. The van der Waals surface area contributed by atoms with Crippen LogP contribution in [0.3, 0.4) is 0 Å². The van der Waals surface area contributed by atoms with Gasteiger partial charge in [-0.15, -0.1) is 12.4 Å². The van der Waals surface area contributed by atoms with E-state index in [-0.39, 0.29) is 23.4 Å². The Morgan fingerprint density at radius 3 is 2.38 bits per heavy atom. The van der Waals surface area contributed by atoms with Crippen LogP contribution >= 0.6 is 24.2 Å². The monoisotopic (exact) mass is 330 g/mol. The first-order valence-corrected chi connectivity index (χ1v) is 7.78. The van der Waals surface area contributed by atoms with Crippen molar-refractivity contribution in [2.24, 2.45) is 5.73 Å². The molecule has 0 saturated carbocycles. The number of hydrogen-bond donors (Lipinski definition) is 2. The molecular formula is C15H23ClN2O2S. The van der Waals surface area contributed by atoms with Crippen LogP contribution in [0, 0.1) is 0 Å². The number of hydrogen-bond acceptors (Lipinski definition) is 4. The molecule has 3 N–H and O–H groups in total. The first-order chi connectivity index (χ1) is 9.61. The van der Waals surface area contributed by atoms with E-state index in [4.69, 9.17) is 5.73 Å². The van der Waals surface area contributed by atoms with Crippen LogP contribution < -0.4 is 11.1 Å². The van der Waals surface area contributed by atoms with Gasteiger partial charge in [0.25, 0.3) is 0 Å². The molecule has 0 aliphatic rings. The quantitative estimate of drug-likeness (QED) is 0.717. The highest BCUT2D eigenvalue weighted by Gasteiger charge is 2.02. The Bertz CT molecular complexity index is 438. The largest absolute Gasteiger partial charge is 0.356 e. The van der Waals surface area contributed by atoms with E-state index in [0.29, 0.717) is 25.3 Å². The molecule has 1 aromatic carbocycles. The molecule has 0 saturated heterocycles. The maximum Gasteiger partial charge on any atom is 0.220 e. The SMILES string of the molecule is CC(=O)SCc1ccc(CCC(=O)NCCCN)cc1.Cl. The fraction of sp³-hybridized carbons (Fsp3) is 0.467. The van der Waals surface area contributed by atoms with Gasteiger partial charge in [-0.25, -0.2) is 0 Å². The number of thioether (sulfide) groups is 1. The summed E-state index contributed by atoms with van der Waals surface area (Å²) in [6.07, 6.45) is 2.04. The summed E-state index contributed by atoms with van der Waals surface area (Å²) in [5.74, 6) is 0.768. The molecule has 0 bridgehead atoms. The highest BCUT2D eigenvalue weighted by Crippen LogP contribution is 2.14. The van der Waals surface area contributed by atoms with Gasteiger partial charge in [0.2, 0.25) is 5.91 Å². The lowest BCUT2D eigenvalue weighted by molar-refractivity contribution is -0.121. The lowest BCUT2D eigenvalue weighted by Gasteiger charge is -2.05. The van der Waals surface area contributed by atoms with Crippen LogP contribution in [-0.4, -0.2) is 24.1 Å². The van der Waals surface area contributed by atoms with E-state index >= 15 is 0 Å². The Kier molecular flexibility index (Phi) is 11.0. The minimum absolute atomic E-state index is 0. The van der Waals surface area contributed by atoms with Gasteiger partial charge in [0.05, 0.1) is 0 Å². The second-order valence-corrected chi connectivity index (χ2v) is 5.74. The Morgan fingerprint density at radius 1 is 1.19 bits per heavy atom. The van der Waals surface area contributed by atoms with Gasteiger partial charge in [0.15, 0.2) is 5.12 Å². The summed E-state index contributed by atoms with van der Waals surface area (Å²) in [5, 5.41) is 2.97. The van der Waals surface area contributed by atoms with Gasteiger partial charge in [0.1, 0.15) is 0 Å². The maximum atomic E-state index is 11.5. The molecule has 21 heavy (non-hydrogen) atoms. The second kappa shape index (κ2) is 11.6. The predicted octanol–water partition coefficient (Wildman–Crippen LogP) is 2.29. The molecule has 0 aliphatic carbocycles. The second-order valence-electron chi connectivity index (χ2n) is 4.59. The van der Waals surface area contributed by atoms with Crippen LogP contribution in [0.1, 0.15) is 30.9 Å². The van der Waals surface area contributed by atoms with E-state index in [2.05, 4.69) is 5.32 Å². The van der Waals surface area contributed by atoms with Crippen molar-refractivity contribution >= 4 is 35.2 Å². The van der Waals surface area contributed by atoms with Crippen molar-refractivity contribution in [1.29, 1.82) is 0 Å². The van der Waals surface area contributed by atoms with Gasteiger partial charge in [-0.3, -0.25) is 9.59 Å². The first kappa shape index (κ1) is 20.0. The van der Waals surface area contributed by atoms with E-state index in [1.807, 2.05) is 24.3 Å². The molecule has 1 rings (SSSR count). The Balaban J connectivity index is 0.00000400. The predicted molar refractivity (Wildman–Crippen MR) is 90.7 cm³/mol. The van der Waals surface area contributed by atoms with Crippen molar-refractivity contribution in [3.63, 3.8) is 0 Å². The fourth-order valence-corrected chi connectivity index (χ4v) is 2.23. The maximum absolute atomic E-state index is 11.5. The van der Waals surface area contributed by atoms with Crippen LogP contribution in [-0.2, 0) is 21.8 Å². The smallest absolute Gasteiger partial charge is 0.220 e. The zero-order valence-corrected chi connectivity index (χ0v) is 13.9. The van der Waals surface area contributed by atoms with Crippen LogP contribution in [0.2, 0.25) is 0 Å². The zero-order chi connectivity index (χ0) is 14.8.